The Morgan fingerprint density at radius 3 is 2.75 bits per heavy atom. The summed E-state index contributed by atoms with van der Waals surface area (Å²) in [4.78, 5) is 0. The lowest BCUT2D eigenvalue weighted by molar-refractivity contribution is 0.318. The van der Waals surface area contributed by atoms with Gasteiger partial charge in [0.2, 0.25) is 0 Å². The van der Waals surface area contributed by atoms with E-state index in [4.69, 9.17) is 22.5 Å². The van der Waals surface area contributed by atoms with Gasteiger partial charge < -0.3 is 16.3 Å². The highest BCUT2D eigenvalue weighted by Gasteiger charge is 2.07. The normalized spacial score (nSPS) is 11.4. The van der Waals surface area contributed by atoms with Crippen LogP contribution < -0.4 is 11.1 Å². The van der Waals surface area contributed by atoms with Crippen LogP contribution in [0.1, 0.15) is 11.1 Å². The van der Waals surface area contributed by atoms with Gasteiger partial charge in [0.05, 0.1) is 5.69 Å². The van der Waals surface area contributed by atoms with Crippen molar-refractivity contribution >= 4 is 23.1 Å². The van der Waals surface area contributed by atoms with Gasteiger partial charge in [-0.2, -0.15) is 0 Å². The van der Waals surface area contributed by atoms with E-state index in [0.717, 1.165) is 5.56 Å². The van der Waals surface area contributed by atoms with E-state index < -0.39 is 5.82 Å². The standard InChI is InChI=1S/C14H13ClFN3O/c15-10-5-6-13(12(16)7-10)18-8-9-3-1-2-4-11(9)14(17)19-20/h1-7,18,20H,8H2,(H2,17,19). The van der Waals surface area contributed by atoms with Crippen molar-refractivity contribution in [3.8, 4) is 0 Å². The molecule has 6 heteroatoms. The van der Waals surface area contributed by atoms with Gasteiger partial charge in [-0.15, -0.1) is 0 Å². The fourth-order valence-corrected chi connectivity index (χ4v) is 1.96. The summed E-state index contributed by atoms with van der Waals surface area (Å²) < 4.78 is 13.6. The van der Waals surface area contributed by atoms with Crippen molar-refractivity contribution in [2.75, 3.05) is 5.32 Å². The first kappa shape index (κ1) is 14.1. The molecule has 0 radical (unpaired) electrons. The topological polar surface area (TPSA) is 70.6 Å². The van der Waals surface area contributed by atoms with Crippen LogP contribution in [0.3, 0.4) is 0 Å². The highest BCUT2D eigenvalue weighted by atomic mass is 35.5. The van der Waals surface area contributed by atoms with Crippen molar-refractivity contribution < 1.29 is 9.60 Å². The number of hydrogen-bond donors (Lipinski definition) is 3. The van der Waals surface area contributed by atoms with E-state index in [1.165, 1.54) is 6.07 Å². The van der Waals surface area contributed by atoms with Crippen molar-refractivity contribution in [3.63, 3.8) is 0 Å². The van der Waals surface area contributed by atoms with E-state index in [-0.39, 0.29) is 5.84 Å². The lowest BCUT2D eigenvalue weighted by Crippen LogP contribution is -2.16. The number of anilines is 1. The number of amidine groups is 1. The Hall–Kier alpha value is -2.27. The molecular weight excluding hydrogens is 281 g/mol. The first-order valence-electron chi connectivity index (χ1n) is 5.86. The van der Waals surface area contributed by atoms with Gasteiger partial charge >= 0.3 is 0 Å². The van der Waals surface area contributed by atoms with E-state index in [9.17, 15) is 4.39 Å². The molecule has 0 unspecified atom stereocenters. The van der Waals surface area contributed by atoms with Crippen LogP contribution in [0.4, 0.5) is 10.1 Å². The average Bonchev–Trinajstić information content (AvgIpc) is 2.46. The van der Waals surface area contributed by atoms with Crippen molar-refractivity contribution in [3.05, 3.63) is 64.4 Å². The van der Waals surface area contributed by atoms with Crippen LogP contribution in [-0.2, 0) is 6.54 Å². The molecule has 2 aromatic rings. The third kappa shape index (κ3) is 3.19. The molecule has 4 N–H and O–H groups in total. The Balaban J connectivity index is 2.19. The number of nitrogens with one attached hydrogen (secondary N) is 1. The Bertz CT molecular complexity index is 646. The predicted octanol–water partition coefficient (Wildman–Crippen LogP) is 3.19. The zero-order chi connectivity index (χ0) is 14.5. The molecule has 0 fully saturated rings. The zero-order valence-corrected chi connectivity index (χ0v) is 11.2. The van der Waals surface area contributed by atoms with E-state index in [1.54, 1.807) is 24.3 Å². The van der Waals surface area contributed by atoms with Gasteiger partial charge in [0.25, 0.3) is 0 Å². The van der Waals surface area contributed by atoms with E-state index >= 15 is 0 Å². The lowest BCUT2D eigenvalue weighted by atomic mass is 10.1. The number of nitrogens with two attached hydrogens (primary N) is 1. The number of benzene rings is 2. The van der Waals surface area contributed by atoms with Crippen molar-refractivity contribution in [2.24, 2.45) is 10.9 Å². The van der Waals surface area contributed by atoms with Crippen LogP contribution in [0.5, 0.6) is 0 Å². The molecule has 20 heavy (non-hydrogen) atoms. The molecule has 0 aliphatic rings. The van der Waals surface area contributed by atoms with Crippen molar-refractivity contribution in [1.82, 2.24) is 0 Å². The molecule has 2 rings (SSSR count). The number of rotatable bonds is 4. The quantitative estimate of drug-likeness (QED) is 0.351. The average molecular weight is 294 g/mol. The molecule has 104 valence electrons. The Morgan fingerprint density at radius 1 is 1.30 bits per heavy atom. The monoisotopic (exact) mass is 293 g/mol. The van der Waals surface area contributed by atoms with Gasteiger partial charge in [-0.1, -0.05) is 41.0 Å². The third-order valence-electron chi connectivity index (χ3n) is 2.80. The van der Waals surface area contributed by atoms with Crippen LogP contribution in [0.15, 0.2) is 47.6 Å². The highest BCUT2D eigenvalue weighted by molar-refractivity contribution is 6.30. The molecule has 0 aliphatic heterocycles. The minimum atomic E-state index is -0.432. The molecule has 0 atom stereocenters. The second-order valence-electron chi connectivity index (χ2n) is 4.12. The third-order valence-corrected chi connectivity index (χ3v) is 3.04. The van der Waals surface area contributed by atoms with E-state index in [0.29, 0.717) is 22.8 Å². The van der Waals surface area contributed by atoms with Gasteiger partial charge in [0.1, 0.15) is 5.82 Å². The molecule has 0 heterocycles. The van der Waals surface area contributed by atoms with Gasteiger partial charge in [-0.05, 0) is 23.8 Å². The molecule has 0 aromatic heterocycles. The van der Waals surface area contributed by atoms with Crippen LogP contribution in [-0.4, -0.2) is 11.0 Å². The molecule has 0 amide bonds. The summed E-state index contributed by atoms with van der Waals surface area (Å²) in [6.07, 6.45) is 0. The molecular formula is C14H13ClFN3O. The van der Waals surface area contributed by atoms with Crippen LogP contribution in [0.2, 0.25) is 5.02 Å². The molecule has 0 bridgehead atoms. The Kier molecular flexibility index (Phi) is 4.42. The van der Waals surface area contributed by atoms with Crippen LogP contribution in [0, 0.1) is 5.82 Å². The summed E-state index contributed by atoms with van der Waals surface area (Å²) in [7, 11) is 0. The summed E-state index contributed by atoms with van der Waals surface area (Å²) in [6, 6.07) is 11.5. The highest BCUT2D eigenvalue weighted by Crippen LogP contribution is 2.20. The molecule has 4 nitrogen and oxygen atoms in total. The summed E-state index contributed by atoms with van der Waals surface area (Å²) in [5.74, 6) is -0.419. The lowest BCUT2D eigenvalue weighted by Gasteiger charge is -2.11. The summed E-state index contributed by atoms with van der Waals surface area (Å²) in [5.41, 5.74) is 7.31. The van der Waals surface area contributed by atoms with Crippen molar-refractivity contribution in [2.45, 2.75) is 6.54 Å². The van der Waals surface area contributed by atoms with E-state index in [2.05, 4.69) is 10.5 Å². The zero-order valence-electron chi connectivity index (χ0n) is 10.5. The molecule has 0 saturated carbocycles. The molecule has 0 aliphatic carbocycles. The summed E-state index contributed by atoms with van der Waals surface area (Å²) in [6.45, 7) is 0.338. The molecule has 2 aromatic carbocycles. The minimum Gasteiger partial charge on any atom is -0.409 e. The smallest absolute Gasteiger partial charge is 0.170 e. The van der Waals surface area contributed by atoms with Gasteiger partial charge in [-0.3, -0.25) is 0 Å². The number of oxime groups is 1. The van der Waals surface area contributed by atoms with Crippen molar-refractivity contribution in [1.29, 1.82) is 0 Å². The second kappa shape index (κ2) is 6.25. The maximum atomic E-state index is 13.6. The van der Waals surface area contributed by atoms with E-state index in [1.807, 2.05) is 12.1 Å². The number of hydrogen-bond acceptors (Lipinski definition) is 3. The Morgan fingerprint density at radius 2 is 2.05 bits per heavy atom. The molecule has 0 spiro atoms. The Labute approximate surface area is 120 Å². The van der Waals surface area contributed by atoms with Gasteiger partial charge in [0, 0.05) is 17.1 Å². The maximum absolute atomic E-state index is 13.6. The van der Waals surface area contributed by atoms with Gasteiger partial charge in [-0.25, -0.2) is 4.39 Å². The number of nitrogens with zero attached hydrogens (tertiary/aromatic N) is 1. The molecule has 0 saturated heterocycles. The van der Waals surface area contributed by atoms with Gasteiger partial charge in [0.15, 0.2) is 5.84 Å². The summed E-state index contributed by atoms with van der Waals surface area (Å²) >= 11 is 5.69. The first-order chi connectivity index (χ1) is 9.61. The van der Waals surface area contributed by atoms with Crippen LogP contribution >= 0.6 is 11.6 Å². The fraction of sp³-hybridized carbons (Fsp3) is 0.0714. The first-order valence-corrected chi connectivity index (χ1v) is 6.24. The maximum Gasteiger partial charge on any atom is 0.170 e. The largest absolute Gasteiger partial charge is 0.409 e. The van der Waals surface area contributed by atoms with Crippen LogP contribution in [0.25, 0.3) is 0 Å². The number of halogens is 2. The predicted molar refractivity (Wildman–Crippen MR) is 77.7 cm³/mol. The summed E-state index contributed by atoms with van der Waals surface area (Å²) in [5, 5.41) is 15.0. The minimum absolute atomic E-state index is 0.0129. The SMILES string of the molecule is NC(=NO)c1ccccc1CNc1ccc(Cl)cc1F. The fourth-order valence-electron chi connectivity index (χ4n) is 1.80. The second-order valence-corrected chi connectivity index (χ2v) is 4.56.